The van der Waals surface area contributed by atoms with Crippen LogP contribution in [0.15, 0.2) is 40.9 Å². The lowest BCUT2D eigenvalue weighted by molar-refractivity contribution is -0.116. The van der Waals surface area contributed by atoms with E-state index in [4.69, 9.17) is 18.7 Å². The lowest BCUT2D eigenvalue weighted by atomic mass is 10.1. The zero-order chi connectivity index (χ0) is 20.8. The molecule has 2 aromatic carbocycles. The average molecular weight is 401 g/mol. The second-order valence-electron chi connectivity index (χ2n) is 5.98. The van der Waals surface area contributed by atoms with Crippen LogP contribution in [-0.2, 0) is 11.2 Å². The Labute approximate surface area is 166 Å². The molecule has 8 nitrogen and oxygen atoms in total. The number of rotatable bonds is 8. The topological polar surface area (TPSA) is 95.7 Å². The number of anilines is 1. The molecule has 0 atom stereocenters. The fourth-order valence-corrected chi connectivity index (χ4v) is 2.69. The number of nitrogens with zero attached hydrogens (tertiary/aromatic N) is 2. The number of carbonyl (C=O) groups is 1. The normalized spacial score (nSPS) is 10.5. The average Bonchev–Trinajstić information content (AvgIpc) is 3.20. The van der Waals surface area contributed by atoms with Crippen molar-refractivity contribution in [2.24, 2.45) is 0 Å². The zero-order valence-electron chi connectivity index (χ0n) is 16.2. The molecule has 0 bridgehead atoms. The molecular formula is C20H20FN3O5. The van der Waals surface area contributed by atoms with Gasteiger partial charge in [-0.05, 0) is 30.3 Å². The number of hydrogen-bond donors (Lipinski definition) is 1. The van der Waals surface area contributed by atoms with E-state index in [-0.39, 0.29) is 18.7 Å². The van der Waals surface area contributed by atoms with Crippen LogP contribution in [0.4, 0.5) is 10.1 Å². The van der Waals surface area contributed by atoms with Gasteiger partial charge in [0.25, 0.3) is 0 Å². The van der Waals surface area contributed by atoms with E-state index in [1.807, 2.05) is 0 Å². The second kappa shape index (κ2) is 9.05. The first-order valence-corrected chi connectivity index (χ1v) is 8.72. The predicted molar refractivity (Wildman–Crippen MR) is 103 cm³/mol. The van der Waals surface area contributed by atoms with Crippen molar-refractivity contribution in [3.05, 3.63) is 48.1 Å². The van der Waals surface area contributed by atoms with E-state index in [2.05, 4.69) is 15.5 Å². The molecule has 0 aliphatic heterocycles. The summed E-state index contributed by atoms with van der Waals surface area (Å²) in [5.74, 6) is 1.28. The highest BCUT2D eigenvalue weighted by atomic mass is 19.1. The summed E-state index contributed by atoms with van der Waals surface area (Å²) in [5, 5.41) is 6.57. The molecule has 0 fully saturated rings. The highest BCUT2D eigenvalue weighted by molar-refractivity contribution is 5.90. The SMILES string of the molecule is COc1cc(-c2noc(CCC(=O)Nc3cccc(F)c3)n2)cc(OC)c1OC. The fourth-order valence-electron chi connectivity index (χ4n) is 2.69. The van der Waals surface area contributed by atoms with E-state index in [1.54, 1.807) is 18.2 Å². The van der Waals surface area contributed by atoms with Crippen molar-refractivity contribution in [2.75, 3.05) is 26.6 Å². The van der Waals surface area contributed by atoms with Crippen LogP contribution in [0, 0.1) is 5.82 Å². The first kappa shape index (κ1) is 20.1. The number of carbonyl (C=O) groups excluding carboxylic acids is 1. The number of aromatic nitrogens is 2. The smallest absolute Gasteiger partial charge is 0.227 e. The Kier molecular flexibility index (Phi) is 6.28. The minimum Gasteiger partial charge on any atom is -0.493 e. The van der Waals surface area contributed by atoms with E-state index in [9.17, 15) is 9.18 Å². The number of benzene rings is 2. The number of amides is 1. The molecule has 3 rings (SSSR count). The van der Waals surface area contributed by atoms with Gasteiger partial charge in [-0.3, -0.25) is 4.79 Å². The Morgan fingerprint density at radius 2 is 1.83 bits per heavy atom. The molecule has 0 saturated heterocycles. The molecule has 0 aliphatic rings. The number of nitrogens with one attached hydrogen (secondary N) is 1. The molecule has 0 spiro atoms. The fraction of sp³-hybridized carbons (Fsp3) is 0.250. The van der Waals surface area contributed by atoms with Crippen molar-refractivity contribution in [2.45, 2.75) is 12.8 Å². The van der Waals surface area contributed by atoms with E-state index in [1.165, 1.54) is 39.5 Å². The summed E-state index contributed by atoms with van der Waals surface area (Å²) in [5.41, 5.74) is 0.998. The van der Waals surface area contributed by atoms with Crippen molar-refractivity contribution < 1.29 is 27.9 Å². The summed E-state index contributed by atoms with van der Waals surface area (Å²) < 4.78 is 34.3. The molecule has 1 N–H and O–H groups in total. The van der Waals surface area contributed by atoms with Crippen molar-refractivity contribution in [1.29, 1.82) is 0 Å². The Morgan fingerprint density at radius 3 is 2.45 bits per heavy atom. The van der Waals surface area contributed by atoms with Gasteiger partial charge in [0.1, 0.15) is 5.82 Å². The van der Waals surface area contributed by atoms with Gasteiger partial charge in [-0.15, -0.1) is 0 Å². The van der Waals surface area contributed by atoms with Gasteiger partial charge in [0.05, 0.1) is 21.3 Å². The van der Waals surface area contributed by atoms with E-state index < -0.39 is 5.82 Å². The second-order valence-corrected chi connectivity index (χ2v) is 5.98. The number of ether oxygens (including phenoxy) is 3. The standard InChI is InChI=1S/C20H20FN3O5/c1-26-15-9-12(10-16(27-2)19(15)28-3)20-23-18(29-24-20)8-7-17(25)22-14-6-4-5-13(21)11-14/h4-6,9-11H,7-8H2,1-3H3,(H,22,25). The highest BCUT2D eigenvalue weighted by Gasteiger charge is 2.17. The molecule has 9 heteroatoms. The summed E-state index contributed by atoms with van der Waals surface area (Å²) in [6.45, 7) is 0. The number of halogens is 1. The monoisotopic (exact) mass is 401 g/mol. The third-order valence-corrected chi connectivity index (χ3v) is 4.07. The van der Waals surface area contributed by atoms with Gasteiger partial charge in [-0.2, -0.15) is 4.98 Å². The van der Waals surface area contributed by atoms with Crippen molar-refractivity contribution in [3.8, 4) is 28.6 Å². The molecule has 0 aliphatic carbocycles. The van der Waals surface area contributed by atoms with Crippen LogP contribution in [0.1, 0.15) is 12.3 Å². The van der Waals surface area contributed by atoms with Crippen LogP contribution < -0.4 is 19.5 Å². The van der Waals surface area contributed by atoms with Crippen LogP contribution >= 0.6 is 0 Å². The minimum atomic E-state index is -0.422. The Balaban J connectivity index is 1.68. The Hall–Kier alpha value is -3.62. The van der Waals surface area contributed by atoms with Gasteiger partial charge in [-0.1, -0.05) is 11.2 Å². The maximum atomic E-state index is 13.2. The molecule has 152 valence electrons. The van der Waals surface area contributed by atoms with Crippen LogP contribution in [0.2, 0.25) is 0 Å². The number of aryl methyl sites for hydroxylation is 1. The van der Waals surface area contributed by atoms with E-state index in [0.717, 1.165) is 0 Å². The van der Waals surface area contributed by atoms with Gasteiger partial charge in [0.2, 0.25) is 23.4 Å². The summed E-state index contributed by atoms with van der Waals surface area (Å²) in [6.07, 6.45) is 0.339. The quantitative estimate of drug-likeness (QED) is 0.617. The molecule has 0 radical (unpaired) electrons. The lowest BCUT2D eigenvalue weighted by Gasteiger charge is -2.12. The van der Waals surface area contributed by atoms with E-state index in [0.29, 0.717) is 40.2 Å². The highest BCUT2D eigenvalue weighted by Crippen LogP contribution is 2.40. The number of hydrogen-bond acceptors (Lipinski definition) is 7. The van der Waals surface area contributed by atoms with Crippen molar-refractivity contribution in [1.82, 2.24) is 10.1 Å². The van der Waals surface area contributed by atoms with Crippen LogP contribution in [0.3, 0.4) is 0 Å². The maximum absolute atomic E-state index is 13.2. The maximum Gasteiger partial charge on any atom is 0.227 e. The van der Waals surface area contributed by atoms with Crippen molar-refractivity contribution in [3.63, 3.8) is 0 Å². The van der Waals surface area contributed by atoms with Crippen LogP contribution in [-0.4, -0.2) is 37.4 Å². The minimum absolute atomic E-state index is 0.105. The lowest BCUT2D eigenvalue weighted by Crippen LogP contribution is -2.12. The molecule has 0 saturated carbocycles. The van der Waals surface area contributed by atoms with Gasteiger partial charge >= 0.3 is 0 Å². The zero-order valence-corrected chi connectivity index (χ0v) is 16.2. The van der Waals surface area contributed by atoms with Gasteiger partial charge in [-0.25, -0.2) is 4.39 Å². The molecule has 1 amide bonds. The molecule has 3 aromatic rings. The number of methoxy groups -OCH3 is 3. The Bertz CT molecular complexity index is 980. The summed E-state index contributed by atoms with van der Waals surface area (Å²) in [6, 6.07) is 9.08. The summed E-state index contributed by atoms with van der Waals surface area (Å²) >= 11 is 0. The third-order valence-electron chi connectivity index (χ3n) is 4.07. The van der Waals surface area contributed by atoms with Gasteiger partial charge < -0.3 is 24.1 Å². The third kappa shape index (κ3) is 4.81. The summed E-state index contributed by atoms with van der Waals surface area (Å²) in [7, 11) is 4.54. The predicted octanol–water partition coefficient (Wildman–Crippen LogP) is 3.47. The van der Waals surface area contributed by atoms with Crippen LogP contribution in [0.25, 0.3) is 11.4 Å². The largest absolute Gasteiger partial charge is 0.493 e. The van der Waals surface area contributed by atoms with Crippen LogP contribution in [0.5, 0.6) is 17.2 Å². The molecule has 0 unspecified atom stereocenters. The van der Waals surface area contributed by atoms with Crippen molar-refractivity contribution >= 4 is 11.6 Å². The molecular weight excluding hydrogens is 381 g/mol. The Morgan fingerprint density at radius 1 is 1.10 bits per heavy atom. The molecule has 1 heterocycles. The first-order chi connectivity index (χ1) is 14.0. The molecule has 29 heavy (non-hydrogen) atoms. The van der Waals surface area contributed by atoms with E-state index >= 15 is 0 Å². The summed E-state index contributed by atoms with van der Waals surface area (Å²) in [4.78, 5) is 16.4. The van der Waals surface area contributed by atoms with Gasteiger partial charge in [0.15, 0.2) is 11.5 Å². The molecule has 1 aromatic heterocycles. The first-order valence-electron chi connectivity index (χ1n) is 8.72. The van der Waals surface area contributed by atoms with Gasteiger partial charge in [0, 0.05) is 24.1 Å².